The monoisotopic (exact) mass is 431 g/mol. The highest BCUT2D eigenvalue weighted by Crippen LogP contribution is 2.25. The zero-order valence-electron chi connectivity index (χ0n) is 18.4. The highest BCUT2D eigenvalue weighted by molar-refractivity contribution is 6.21. The van der Waals surface area contributed by atoms with E-state index in [0.29, 0.717) is 17.5 Å². The molecule has 0 radical (unpaired) electrons. The molecule has 164 valence electrons. The van der Waals surface area contributed by atoms with E-state index >= 15 is 0 Å². The van der Waals surface area contributed by atoms with Gasteiger partial charge in [0, 0.05) is 20.0 Å². The molecule has 3 aromatic rings. The Labute approximate surface area is 186 Å². The van der Waals surface area contributed by atoms with Gasteiger partial charge in [-0.05, 0) is 50.1 Å². The van der Waals surface area contributed by atoms with Crippen LogP contribution < -0.4 is 0 Å². The molecule has 2 aromatic carbocycles. The second-order valence-electron chi connectivity index (χ2n) is 8.03. The molecular formula is C24H25N5O3. The van der Waals surface area contributed by atoms with Crippen molar-refractivity contribution in [2.75, 3.05) is 13.6 Å². The SMILES string of the molecule is Cc1ccc2c(c1)C(=O)N(CCCC(=O)N(C)C(C)c1ccc(-n3cncn3)cc1)C2=O. The van der Waals surface area contributed by atoms with Gasteiger partial charge in [0.15, 0.2) is 0 Å². The molecule has 2 heterocycles. The van der Waals surface area contributed by atoms with Gasteiger partial charge >= 0.3 is 0 Å². The van der Waals surface area contributed by atoms with E-state index in [1.807, 2.05) is 44.2 Å². The largest absolute Gasteiger partial charge is 0.339 e. The van der Waals surface area contributed by atoms with Crippen LogP contribution in [0, 0.1) is 6.92 Å². The number of carbonyl (C=O) groups excluding carboxylic acids is 3. The van der Waals surface area contributed by atoms with Gasteiger partial charge in [-0.3, -0.25) is 19.3 Å². The summed E-state index contributed by atoms with van der Waals surface area (Å²) >= 11 is 0. The molecule has 8 heteroatoms. The third-order valence-corrected chi connectivity index (χ3v) is 5.93. The molecule has 0 N–H and O–H groups in total. The minimum absolute atomic E-state index is 0.0368. The van der Waals surface area contributed by atoms with Crippen LogP contribution in [0.4, 0.5) is 0 Å². The van der Waals surface area contributed by atoms with E-state index in [-0.39, 0.29) is 36.7 Å². The van der Waals surface area contributed by atoms with Crippen LogP contribution in [0.5, 0.6) is 0 Å². The molecule has 0 bridgehead atoms. The Kier molecular flexibility index (Phi) is 5.85. The van der Waals surface area contributed by atoms with Gasteiger partial charge in [-0.2, -0.15) is 5.10 Å². The van der Waals surface area contributed by atoms with Crippen LogP contribution in [0.25, 0.3) is 5.69 Å². The number of aromatic nitrogens is 3. The van der Waals surface area contributed by atoms with Crippen LogP contribution in [0.2, 0.25) is 0 Å². The lowest BCUT2D eigenvalue weighted by molar-refractivity contribution is -0.132. The first-order valence-corrected chi connectivity index (χ1v) is 10.5. The molecule has 1 aliphatic rings. The zero-order chi connectivity index (χ0) is 22.8. The van der Waals surface area contributed by atoms with E-state index in [4.69, 9.17) is 0 Å². The van der Waals surface area contributed by atoms with Gasteiger partial charge in [-0.1, -0.05) is 23.8 Å². The maximum Gasteiger partial charge on any atom is 0.261 e. The molecule has 0 aliphatic carbocycles. The molecule has 0 fully saturated rings. The third-order valence-electron chi connectivity index (χ3n) is 5.93. The highest BCUT2D eigenvalue weighted by atomic mass is 16.2. The van der Waals surface area contributed by atoms with Crippen molar-refractivity contribution < 1.29 is 14.4 Å². The van der Waals surface area contributed by atoms with Gasteiger partial charge < -0.3 is 4.90 Å². The van der Waals surface area contributed by atoms with Crippen LogP contribution in [-0.2, 0) is 4.79 Å². The summed E-state index contributed by atoms with van der Waals surface area (Å²) in [6.07, 6.45) is 3.78. The summed E-state index contributed by atoms with van der Waals surface area (Å²) in [6.45, 7) is 4.08. The molecular weight excluding hydrogens is 406 g/mol. The number of hydrogen-bond donors (Lipinski definition) is 0. The van der Waals surface area contributed by atoms with Crippen molar-refractivity contribution in [1.29, 1.82) is 0 Å². The van der Waals surface area contributed by atoms with E-state index in [1.165, 1.54) is 11.2 Å². The molecule has 0 saturated carbocycles. The van der Waals surface area contributed by atoms with Crippen molar-refractivity contribution in [3.05, 3.63) is 77.4 Å². The zero-order valence-corrected chi connectivity index (χ0v) is 18.4. The van der Waals surface area contributed by atoms with Crippen molar-refractivity contribution in [2.45, 2.75) is 32.7 Å². The lowest BCUT2D eigenvalue weighted by Gasteiger charge is -2.26. The molecule has 1 unspecified atom stereocenters. The predicted molar refractivity (Wildman–Crippen MR) is 118 cm³/mol. The first-order valence-electron chi connectivity index (χ1n) is 10.5. The summed E-state index contributed by atoms with van der Waals surface area (Å²) in [6, 6.07) is 12.9. The molecule has 8 nitrogen and oxygen atoms in total. The second kappa shape index (κ2) is 8.74. The Morgan fingerprint density at radius 3 is 2.47 bits per heavy atom. The maximum atomic E-state index is 12.7. The van der Waals surface area contributed by atoms with E-state index in [1.54, 1.807) is 35.1 Å². The van der Waals surface area contributed by atoms with Crippen LogP contribution in [0.1, 0.15) is 57.7 Å². The Morgan fingerprint density at radius 2 is 1.78 bits per heavy atom. The van der Waals surface area contributed by atoms with Gasteiger partial charge in [-0.25, -0.2) is 9.67 Å². The Morgan fingerprint density at radius 1 is 1.06 bits per heavy atom. The quantitative estimate of drug-likeness (QED) is 0.536. The summed E-state index contributed by atoms with van der Waals surface area (Å²) < 4.78 is 1.67. The predicted octanol–water partition coefficient (Wildman–Crippen LogP) is 3.17. The fraction of sp³-hybridized carbons (Fsp3) is 0.292. The molecule has 1 aromatic heterocycles. The fourth-order valence-corrected chi connectivity index (χ4v) is 3.86. The average Bonchev–Trinajstić information content (AvgIpc) is 3.41. The average molecular weight is 431 g/mol. The van der Waals surface area contributed by atoms with Crippen molar-refractivity contribution in [3.8, 4) is 5.69 Å². The third kappa shape index (κ3) is 4.03. The molecule has 0 spiro atoms. The molecule has 32 heavy (non-hydrogen) atoms. The molecule has 3 amide bonds. The van der Waals surface area contributed by atoms with Crippen molar-refractivity contribution in [1.82, 2.24) is 24.6 Å². The topological polar surface area (TPSA) is 88.4 Å². The van der Waals surface area contributed by atoms with Crippen LogP contribution in [-0.4, -0.2) is 55.9 Å². The van der Waals surface area contributed by atoms with Crippen LogP contribution in [0.3, 0.4) is 0 Å². The van der Waals surface area contributed by atoms with Gasteiger partial charge in [0.1, 0.15) is 12.7 Å². The molecule has 1 atom stereocenters. The Balaban J connectivity index is 1.32. The summed E-state index contributed by atoms with van der Waals surface area (Å²) in [5, 5.41) is 4.11. The lowest BCUT2D eigenvalue weighted by Crippen LogP contribution is -2.33. The van der Waals surface area contributed by atoms with E-state index in [2.05, 4.69) is 10.1 Å². The summed E-state index contributed by atoms with van der Waals surface area (Å²) in [5.41, 5.74) is 3.71. The summed E-state index contributed by atoms with van der Waals surface area (Å²) in [7, 11) is 1.77. The van der Waals surface area contributed by atoms with Gasteiger partial charge in [0.05, 0.1) is 22.9 Å². The fourth-order valence-electron chi connectivity index (χ4n) is 3.86. The lowest BCUT2D eigenvalue weighted by atomic mass is 10.1. The number of imide groups is 1. The van der Waals surface area contributed by atoms with Crippen molar-refractivity contribution in [3.63, 3.8) is 0 Å². The highest BCUT2D eigenvalue weighted by Gasteiger charge is 2.35. The van der Waals surface area contributed by atoms with Gasteiger partial charge in [-0.15, -0.1) is 0 Å². The van der Waals surface area contributed by atoms with Crippen molar-refractivity contribution >= 4 is 17.7 Å². The number of rotatable bonds is 7. The minimum Gasteiger partial charge on any atom is -0.339 e. The van der Waals surface area contributed by atoms with Crippen LogP contribution in [0.15, 0.2) is 55.1 Å². The summed E-state index contributed by atoms with van der Waals surface area (Å²) in [5.74, 6) is -0.604. The normalized spacial score (nSPS) is 13.9. The first-order chi connectivity index (χ1) is 15.4. The number of hydrogen-bond acceptors (Lipinski definition) is 5. The van der Waals surface area contributed by atoms with Crippen LogP contribution >= 0.6 is 0 Å². The molecule has 0 saturated heterocycles. The molecule has 1 aliphatic heterocycles. The number of benzene rings is 2. The number of nitrogens with zero attached hydrogens (tertiary/aromatic N) is 5. The first kappa shape index (κ1) is 21.4. The van der Waals surface area contributed by atoms with Gasteiger partial charge in [0.25, 0.3) is 11.8 Å². The smallest absolute Gasteiger partial charge is 0.261 e. The van der Waals surface area contributed by atoms with Gasteiger partial charge in [0.2, 0.25) is 5.91 Å². The number of aryl methyl sites for hydroxylation is 1. The summed E-state index contributed by atoms with van der Waals surface area (Å²) in [4.78, 5) is 44.7. The minimum atomic E-state index is -0.286. The Bertz CT molecular complexity index is 1150. The standard InChI is InChI=1S/C24H25N5O3/c1-16-6-11-20-21(13-16)24(32)28(23(20)31)12-4-5-22(30)27(3)17(2)18-7-9-19(10-8-18)29-15-25-14-26-29/h6-11,13-15,17H,4-5,12H2,1-3H3. The van der Waals surface area contributed by atoms with E-state index in [0.717, 1.165) is 16.8 Å². The van der Waals surface area contributed by atoms with Crippen molar-refractivity contribution in [2.24, 2.45) is 0 Å². The Hall–Kier alpha value is -3.81. The maximum absolute atomic E-state index is 12.7. The second-order valence-corrected chi connectivity index (χ2v) is 8.03. The van der Waals surface area contributed by atoms with E-state index in [9.17, 15) is 14.4 Å². The number of amides is 3. The number of fused-ring (bicyclic) bond motifs is 1. The molecule has 4 rings (SSSR count). The number of carbonyl (C=O) groups is 3. The van der Waals surface area contributed by atoms with E-state index < -0.39 is 0 Å².